The fourth-order valence-corrected chi connectivity index (χ4v) is 4.00. The Balaban J connectivity index is 2.10. The van der Waals surface area contributed by atoms with Gasteiger partial charge in [-0.1, -0.05) is 42.8 Å². The van der Waals surface area contributed by atoms with Crippen LogP contribution in [0.2, 0.25) is 5.02 Å². The van der Waals surface area contributed by atoms with Crippen molar-refractivity contribution in [2.45, 2.75) is 19.9 Å². The lowest BCUT2D eigenvalue weighted by Crippen LogP contribution is -2.11. The van der Waals surface area contributed by atoms with Crippen LogP contribution in [-0.2, 0) is 13.0 Å². The Morgan fingerprint density at radius 3 is 2.68 bits per heavy atom. The van der Waals surface area contributed by atoms with Crippen molar-refractivity contribution in [1.82, 2.24) is 9.55 Å². The highest BCUT2D eigenvalue weighted by atomic mass is 35.5. The summed E-state index contributed by atoms with van der Waals surface area (Å²) in [5.41, 5.74) is 3.05. The number of ether oxygens (including phenoxy) is 1. The molecule has 31 heavy (non-hydrogen) atoms. The first-order valence-corrected chi connectivity index (χ1v) is 10.1. The van der Waals surface area contributed by atoms with Crippen LogP contribution in [0, 0.1) is 5.82 Å². The largest absolute Gasteiger partial charge is 0.481 e. The number of halogens is 2. The minimum Gasteiger partial charge on any atom is -0.481 e. The molecule has 0 aliphatic heterocycles. The van der Waals surface area contributed by atoms with Crippen LogP contribution in [0.1, 0.15) is 28.5 Å². The monoisotopic (exact) mass is 438 g/mol. The number of nitrogens with zero attached hydrogens (tertiary/aromatic N) is 2. The molecule has 0 fully saturated rings. The molecule has 0 atom stereocenters. The lowest BCUT2D eigenvalue weighted by molar-refractivity contribution is 0.0687. The molecule has 2 aromatic heterocycles. The Bertz CT molecular complexity index is 1300. The van der Waals surface area contributed by atoms with E-state index in [1.165, 1.54) is 19.4 Å². The van der Waals surface area contributed by atoms with E-state index < -0.39 is 11.8 Å². The zero-order valence-electron chi connectivity index (χ0n) is 17.0. The van der Waals surface area contributed by atoms with Crippen LogP contribution >= 0.6 is 11.6 Å². The van der Waals surface area contributed by atoms with Gasteiger partial charge in [0, 0.05) is 33.8 Å². The number of hydrogen-bond acceptors (Lipinski definition) is 3. The second kappa shape index (κ2) is 8.40. The van der Waals surface area contributed by atoms with E-state index in [-0.39, 0.29) is 18.1 Å². The van der Waals surface area contributed by atoms with Crippen molar-refractivity contribution < 1.29 is 19.0 Å². The van der Waals surface area contributed by atoms with Gasteiger partial charge in [0.05, 0.1) is 18.7 Å². The Morgan fingerprint density at radius 1 is 1.23 bits per heavy atom. The molecule has 0 saturated carbocycles. The number of methoxy groups -OCH3 is 1. The van der Waals surface area contributed by atoms with Gasteiger partial charge in [0.1, 0.15) is 11.5 Å². The van der Waals surface area contributed by atoms with Crippen molar-refractivity contribution in [3.8, 4) is 17.0 Å². The topological polar surface area (TPSA) is 64.3 Å². The van der Waals surface area contributed by atoms with Gasteiger partial charge in [-0.25, -0.2) is 14.2 Å². The SMILES string of the molecule is CCc1ccc2c(c1)c(-c1cc(Cl)cnc1OC)c(C(=O)O)n2Cc1ccccc1F. The molecule has 0 aliphatic rings. The van der Waals surface area contributed by atoms with Gasteiger partial charge in [-0.2, -0.15) is 0 Å². The summed E-state index contributed by atoms with van der Waals surface area (Å²) in [7, 11) is 1.47. The van der Waals surface area contributed by atoms with Crippen LogP contribution in [0.5, 0.6) is 5.88 Å². The van der Waals surface area contributed by atoms with Crippen molar-refractivity contribution in [2.75, 3.05) is 7.11 Å². The summed E-state index contributed by atoms with van der Waals surface area (Å²) in [6.45, 7) is 2.09. The normalized spacial score (nSPS) is 11.1. The number of benzene rings is 2. The molecule has 7 heteroatoms. The third-order valence-electron chi connectivity index (χ3n) is 5.31. The minimum absolute atomic E-state index is 0.0221. The second-order valence-electron chi connectivity index (χ2n) is 7.12. The zero-order valence-corrected chi connectivity index (χ0v) is 17.8. The van der Waals surface area contributed by atoms with Gasteiger partial charge in [-0.15, -0.1) is 0 Å². The van der Waals surface area contributed by atoms with Gasteiger partial charge in [0.2, 0.25) is 5.88 Å². The molecule has 2 heterocycles. The lowest BCUT2D eigenvalue weighted by atomic mass is 10.0. The van der Waals surface area contributed by atoms with E-state index >= 15 is 0 Å². The van der Waals surface area contributed by atoms with Crippen molar-refractivity contribution in [2.24, 2.45) is 0 Å². The van der Waals surface area contributed by atoms with Crippen LogP contribution < -0.4 is 4.74 Å². The number of carbonyl (C=O) groups is 1. The number of rotatable bonds is 6. The summed E-state index contributed by atoms with van der Waals surface area (Å²) in [5, 5.41) is 11.3. The Hall–Kier alpha value is -3.38. The quantitative estimate of drug-likeness (QED) is 0.412. The third-order valence-corrected chi connectivity index (χ3v) is 5.51. The molecule has 158 valence electrons. The van der Waals surface area contributed by atoms with E-state index in [2.05, 4.69) is 4.98 Å². The van der Waals surface area contributed by atoms with Gasteiger partial charge in [-0.05, 0) is 36.2 Å². The first-order chi connectivity index (χ1) is 14.9. The highest BCUT2D eigenvalue weighted by Crippen LogP contribution is 2.41. The van der Waals surface area contributed by atoms with Crippen molar-refractivity contribution >= 4 is 28.5 Å². The highest BCUT2D eigenvalue weighted by Gasteiger charge is 2.27. The maximum atomic E-state index is 14.4. The molecule has 0 spiro atoms. The summed E-state index contributed by atoms with van der Waals surface area (Å²) in [4.78, 5) is 16.7. The van der Waals surface area contributed by atoms with Crippen molar-refractivity contribution in [3.05, 3.63) is 82.4 Å². The number of aromatic carboxylic acids is 1. The number of aromatic nitrogens is 2. The van der Waals surface area contributed by atoms with Crippen LogP contribution in [0.25, 0.3) is 22.0 Å². The minimum atomic E-state index is -1.14. The van der Waals surface area contributed by atoms with E-state index in [0.717, 1.165) is 17.4 Å². The van der Waals surface area contributed by atoms with Gasteiger partial charge in [-0.3, -0.25) is 0 Å². The molecular formula is C24H20ClFN2O3. The summed E-state index contributed by atoms with van der Waals surface area (Å²) in [6, 6.07) is 13.8. The predicted molar refractivity (Wildman–Crippen MR) is 119 cm³/mol. The molecule has 0 saturated heterocycles. The van der Waals surface area contributed by atoms with Crippen LogP contribution in [-0.4, -0.2) is 27.7 Å². The summed E-state index contributed by atoms with van der Waals surface area (Å²) >= 11 is 6.20. The van der Waals surface area contributed by atoms with Crippen molar-refractivity contribution in [1.29, 1.82) is 0 Å². The lowest BCUT2D eigenvalue weighted by Gasteiger charge is -2.11. The van der Waals surface area contributed by atoms with Gasteiger partial charge in [0.15, 0.2) is 0 Å². The standard InChI is InChI=1S/C24H20ClFN2O3/c1-3-14-8-9-20-17(10-14)21(18-11-16(25)12-27-23(18)31-2)22(24(29)30)28(20)13-15-6-4-5-7-19(15)26/h4-12H,3,13H2,1-2H3,(H,29,30). The molecule has 4 rings (SSSR count). The molecule has 0 radical (unpaired) electrons. The first kappa shape index (κ1) is 20.9. The average Bonchev–Trinajstić information content (AvgIpc) is 3.08. The summed E-state index contributed by atoms with van der Waals surface area (Å²) < 4.78 is 21.4. The number of carboxylic acids is 1. The number of hydrogen-bond donors (Lipinski definition) is 1. The highest BCUT2D eigenvalue weighted by molar-refractivity contribution is 6.31. The number of carboxylic acid groups (broad SMARTS) is 1. The molecule has 4 aromatic rings. The number of fused-ring (bicyclic) bond motifs is 1. The van der Waals surface area contributed by atoms with Gasteiger partial charge in [0.25, 0.3) is 0 Å². The zero-order chi connectivity index (χ0) is 22.1. The van der Waals surface area contributed by atoms with Crippen LogP contribution in [0.15, 0.2) is 54.7 Å². The molecule has 2 aromatic carbocycles. The number of pyridine rings is 1. The van der Waals surface area contributed by atoms with Crippen LogP contribution in [0.4, 0.5) is 4.39 Å². The number of aryl methyl sites for hydroxylation is 1. The first-order valence-electron chi connectivity index (χ1n) is 9.76. The maximum Gasteiger partial charge on any atom is 0.353 e. The summed E-state index contributed by atoms with van der Waals surface area (Å²) in [5.74, 6) is -1.27. The van der Waals surface area contributed by atoms with Gasteiger partial charge >= 0.3 is 5.97 Å². The fourth-order valence-electron chi connectivity index (χ4n) is 3.85. The maximum absolute atomic E-state index is 14.4. The molecular weight excluding hydrogens is 419 g/mol. The smallest absolute Gasteiger partial charge is 0.353 e. The molecule has 0 bridgehead atoms. The van der Waals surface area contributed by atoms with Crippen molar-refractivity contribution in [3.63, 3.8) is 0 Å². The molecule has 0 amide bonds. The van der Waals surface area contributed by atoms with E-state index in [1.807, 2.05) is 25.1 Å². The fraction of sp³-hybridized carbons (Fsp3) is 0.167. The van der Waals surface area contributed by atoms with E-state index in [1.54, 1.807) is 28.8 Å². The average molecular weight is 439 g/mol. The molecule has 0 aliphatic carbocycles. The summed E-state index contributed by atoms with van der Waals surface area (Å²) in [6.07, 6.45) is 2.22. The second-order valence-corrected chi connectivity index (χ2v) is 7.56. The Morgan fingerprint density at radius 2 is 2.00 bits per heavy atom. The van der Waals surface area contributed by atoms with Crippen LogP contribution in [0.3, 0.4) is 0 Å². The van der Waals surface area contributed by atoms with Gasteiger partial charge < -0.3 is 14.4 Å². The molecule has 0 unspecified atom stereocenters. The Labute approximate surface area is 183 Å². The molecule has 5 nitrogen and oxygen atoms in total. The molecule has 1 N–H and O–H groups in total. The third kappa shape index (κ3) is 3.75. The van der Waals surface area contributed by atoms with E-state index in [4.69, 9.17) is 16.3 Å². The Kier molecular flexibility index (Phi) is 5.65. The van der Waals surface area contributed by atoms with E-state index in [0.29, 0.717) is 27.2 Å². The van der Waals surface area contributed by atoms with E-state index in [9.17, 15) is 14.3 Å². The predicted octanol–water partition coefficient (Wildman–Crippen LogP) is 5.81.